The van der Waals surface area contributed by atoms with Crippen molar-refractivity contribution in [2.75, 3.05) is 44.2 Å². The molecule has 8 heteroatoms. The van der Waals surface area contributed by atoms with Crippen molar-refractivity contribution in [3.8, 4) is 0 Å². The minimum Gasteiger partial charge on any atom is -0.350 e. The summed E-state index contributed by atoms with van der Waals surface area (Å²) in [5, 5.41) is 4.03. The number of fused-ring (bicyclic) bond motifs is 1. The Hall–Kier alpha value is -2.45. The molecule has 27 heavy (non-hydrogen) atoms. The van der Waals surface area contributed by atoms with Crippen LogP contribution in [0.2, 0.25) is 0 Å². The number of rotatable bonds is 5. The van der Waals surface area contributed by atoms with Crippen LogP contribution >= 0.6 is 15.9 Å². The van der Waals surface area contributed by atoms with Gasteiger partial charge in [-0.05, 0) is 28.1 Å². The number of piperazine rings is 1. The van der Waals surface area contributed by atoms with Gasteiger partial charge in [0.2, 0.25) is 5.95 Å². The molecule has 2 N–H and O–H groups in total. The van der Waals surface area contributed by atoms with Crippen LogP contribution in [-0.2, 0) is 0 Å². The first kappa shape index (κ1) is 17.9. The van der Waals surface area contributed by atoms with Crippen molar-refractivity contribution in [2.24, 2.45) is 0 Å². The van der Waals surface area contributed by atoms with Gasteiger partial charge in [-0.25, -0.2) is 9.97 Å². The number of amides is 1. The third kappa shape index (κ3) is 3.96. The van der Waals surface area contributed by atoms with Crippen LogP contribution in [0, 0.1) is 0 Å². The summed E-state index contributed by atoms with van der Waals surface area (Å²) in [5.74, 6) is 0.698. The highest BCUT2D eigenvalue weighted by molar-refractivity contribution is 9.10. The molecule has 1 fully saturated rings. The number of hydrogen-bond acceptors (Lipinski definition) is 5. The number of carbonyl (C=O) groups is 1. The van der Waals surface area contributed by atoms with Crippen molar-refractivity contribution in [1.82, 2.24) is 25.2 Å². The minimum atomic E-state index is -0.0885. The van der Waals surface area contributed by atoms with Crippen molar-refractivity contribution in [3.63, 3.8) is 0 Å². The zero-order valence-electron chi connectivity index (χ0n) is 14.9. The molecule has 0 aliphatic carbocycles. The van der Waals surface area contributed by atoms with Gasteiger partial charge < -0.3 is 15.2 Å². The molecule has 1 saturated heterocycles. The lowest BCUT2D eigenvalue weighted by Gasteiger charge is -2.34. The summed E-state index contributed by atoms with van der Waals surface area (Å²) < 4.78 is 0.812. The highest BCUT2D eigenvalue weighted by Gasteiger charge is 2.19. The van der Waals surface area contributed by atoms with Gasteiger partial charge in [-0.1, -0.05) is 18.2 Å². The third-order valence-corrected chi connectivity index (χ3v) is 5.61. The molecule has 0 unspecified atom stereocenters. The molecule has 0 radical (unpaired) electrons. The number of halogens is 1. The van der Waals surface area contributed by atoms with E-state index in [1.54, 1.807) is 12.4 Å². The Kier molecular flexibility index (Phi) is 5.35. The second-order valence-electron chi connectivity index (χ2n) is 6.49. The molecule has 1 amide bonds. The summed E-state index contributed by atoms with van der Waals surface area (Å²) in [6, 6.07) is 9.69. The Balaban J connectivity index is 1.26. The molecule has 3 heterocycles. The first-order chi connectivity index (χ1) is 13.2. The normalized spacial score (nSPS) is 15.2. The molecule has 0 atom stereocenters. The number of nitrogens with one attached hydrogen (secondary N) is 2. The van der Waals surface area contributed by atoms with Crippen LogP contribution in [0.5, 0.6) is 0 Å². The van der Waals surface area contributed by atoms with Gasteiger partial charge in [-0.2, -0.15) is 0 Å². The zero-order chi connectivity index (χ0) is 18.6. The van der Waals surface area contributed by atoms with Crippen molar-refractivity contribution in [2.45, 2.75) is 0 Å². The van der Waals surface area contributed by atoms with Crippen LogP contribution in [0.1, 0.15) is 10.5 Å². The predicted octanol–water partition coefficient (Wildman–Crippen LogP) is 2.27. The lowest BCUT2D eigenvalue weighted by atomic mass is 10.2. The molecule has 7 nitrogen and oxygen atoms in total. The van der Waals surface area contributed by atoms with E-state index in [4.69, 9.17) is 0 Å². The molecule has 4 rings (SSSR count). The SMILES string of the molecule is O=C(NCCN1CCN(c2ncccn2)CC1)c1[nH]c2ccccc2c1Br. The van der Waals surface area contributed by atoms with Crippen molar-refractivity contribution in [1.29, 1.82) is 0 Å². The van der Waals surface area contributed by atoms with Crippen molar-refractivity contribution >= 4 is 38.7 Å². The molecular weight excluding hydrogens is 408 g/mol. The first-order valence-electron chi connectivity index (χ1n) is 9.01. The Labute approximate surface area is 165 Å². The van der Waals surface area contributed by atoms with E-state index in [0.29, 0.717) is 12.2 Å². The summed E-state index contributed by atoms with van der Waals surface area (Å²) in [6.07, 6.45) is 3.54. The van der Waals surface area contributed by atoms with Crippen LogP contribution in [-0.4, -0.2) is 65.0 Å². The molecule has 0 saturated carbocycles. The monoisotopic (exact) mass is 428 g/mol. The molecule has 3 aromatic rings. The Bertz CT molecular complexity index is 920. The largest absolute Gasteiger partial charge is 0.350 e. The summed E-state index contributed by atoms with van der Waals surface area (Å²) in [4.78, 5) is 28.8. The highest BCUT2D eigenvalue weighted by Crippen LogP contribution is 2.27. The van der Waals surface area contributed by atoms with Crippen molar-refractivity contribution in [3.05, 3.63) is 52.9 Å². The molecule has 1 aromatic carbocycles. The van der Waals surface area contributed by atoms with E-state index in [9.17, 15) is 4.79 Å². The zero-order valence-corrected chi connectivity index (χ0v) is 16.4. The number of hydrogen-bond donors (Lipinski definition) is 2. The van der Waals surface area contributed by atoms with E-state index in [2.05, 4.69) is 46.0 Å². The van der Waals surface area contributed by atoms with E-state index in [-0.39, 0.29) is 5.91 Å². The van der Waals surface area contributed by atoms with Gasteiger partial charge >= 0.3 is 0 Å². The number of aromatic amines is 1. The standard InChI is InChI=1S/C19H21BrN6O/c20-16-14-4-1-2-5-15(14)24-17(16)18(27)21-8-9-25-10-12-26(13-11-25)19-22-6-3-7-23-19/h1-7,24H,8-13H2,(H,21,27). The fourth-order valence-corrected chi connectivity index (χ4v) is 3.93. The number of para-hydroxylation sites is 1. The van der Waals surface area contributed by atoms with Crippen LogP contribution < -0.4 is 10.2 Å². The smallest absolute Gasteiger partial charge is 0.268 e. The Morgan fingerprint density at radius 1 is 1.11 bits per heavy atom. The molecule has 1 aliphatic heterocycles. The summed E-state index contributed by atoms with van der Waals surface area (Å²) in [5.41, 5.74) is 1.52. The number of benzene rings is 1. The van der Waals surface area contributed by atoms with Crippen molar-refractivity contribution < 1.29 is 4.79 Å². The maximum absolute atomic E-state index is 12.5. The van der Waals surface area contributed by atoms with Gasteiger partial charge in [0, 0.05) is 62.6 Å². The summed E-state index contributed by atoms with van der Waals surface area (Å²) >= 11 is 3.53. The average Bonchev–Trinajstić information content (AvgIpc) is 3.06. The summed E-state index contributed by atoms with van der Waals surface area (Å²) in [6.45, 7) is 5.10. The van der Waals surface area contributed by atoms with Gasteiger partial charge in [0.15, 0.2) is 0 Å². The van der Waals surface area contributed by atoms with E-state index in [1.165, 1.54) is 0 Å². The Morgan fingerprint density at radius 3 is 2.59 bits per heavy atom. The fraction of sp³-hybridized carbons (Fsp3) is 0.316. The van der Waals surface area contributed by atoms with Crippen LogP contribution in [0.25, 0.3) is 10.9 Å². The van der Waals surface area contributed by atoms with Crippen LogP contribution in [0.4, 0.5) is 5.95 Å². The average molecular weight is 429 g/mol. The maximum atomic E-state index is 12.5. The van der Waals surface area contributed by atoms with Gasteiger partial charge in [0.1, 0.15) is 5.69 Å². The molecule has 0 bridgehead atoms. The van der Waals surface area contributed by atoms with E-state index in [0.717, 1.165) is 54.0 Å². The molecule has 2 aromatic heterocycles. The predicted molar refractivity (Wildman–Crippen MR) is 109 cm³/mol. The van der Waals surface area contributed by atoms with Gasteiger partial charge in [-0.3, -0.25) is 9.69 Å². The number of H-pyrrole nitrogens is 1. The van der Waals surface area contributed by atoms with Gasteiger partial charge in [0.05, 0.1) is 4.47 Å². The van der Waals surface area contributed by atoms with E-state index in [1.807, 2.05) is 30.3 Å². The topological polar surface area (TPSA) is 77.2 Å². The maximum Gasteiger partial charge on any atom is 0.268 e. The second-order valence-corrected chi connectivity index (χ2v) is 7.29. The molecule has 0 spiro atoms. The lowest BCUT2D eigenvalue weighted by Crippen LogP contribution is -2.49. The molecule has 140 valence electrons. The summed E-state index contributed by atoms with van der Waals surface area (Å²) in [7, 11) is 0. The first-order valence-corrected chi connectivity index (χ1v) is 9.80. The second kappa shape index (κ2) is 8.06. The van der Waals surface area contributed by atoms with E-state index < -0.39 is 0 Å². The quantitative estimate of drug-likeness (QED) is 0.651. The number of aromatic nitrogens is 3. The Morgan fingerprint density at radius 2 is 1.85 bits per heavy atom. The fourth-order valence-electron chi connectivity index (χ4n) is 3.31. The van der Waals surface area contributed by atoms with Gasteiger partial charge in [0.25, 0.3) is 5.91 Å². The number of nitrogens with zero attached hydrogens (tertiary/aromatic N) is 4. The molecular formula is C19H21BrN6O. The third-order valence-electron chi connectivity index (χ3n) is 4.79. The number of carbonyl (C=O) groups excluding carboxylic acids is 1. The minimum absolute atomic E-state index is 0.0885. The van der Waals surface area contributed by atoms with Crippen LogP contribution in [0.15, 0.2) is 47.2 Å². The van der Waals surface area contributed by atoms with E-state index >= 15 is 0 Å². The van der Waals surface area contributed by atoms with Crippen LogP contribution in [0.3, 0.4) is 0 Å². The van der Waals surface area contributed by atoms with Gasteiger partial charge in [-0.15, -0.1) is 0 Å². The number of anilines is 1. The highest BCUT2D eigenvalue weighted by atomic mass is 79.9. The molecule has 1 aliphatic rings. The lowest BCUT2D eigenvalue weighted by molar-refractivity contribution is 0.0943.